The van der Waals surface area contributed by atoms with Gasteiger partial charge in [-0.15, -0.1) is 11.6 Å². The number of benzene rings is 2. The number of hydrogen-bond donors (Lipinski definition) is 0. The lowest BCUT2D eigenvalue weighted by Gasteiger charge is -2.11. The summed E-state index contributed by atoms with van der Waals surface area (Å²) < 4.78 is 13.5. The lowest BCUT2D eigenvalue weighted by molar-refractivity contribution is 0.615. The van der Waals surface area contributed by atoms with Gasteiger partial charge >= 0.3 is 0 Å². The first kappa shape index (κ1) is 13.4. The van der Waals surface area contributed by atoms with Crippen molar-refractivity contribution >= 4 is 23.2 Å². The fraction of sp³-hybridized carbons (Fsp3) is 0.200. The molecule has 0 aliphatic carbocycles. The normalized spacial score (nSPS) is 12.4. The van der Waals surface area contributed by atoms with Crippen molar-refractivity contribution in [3.63, 3.8) is 0 Å². The highest BCUT2D eigenvalue weighted by Gasteiger charge is 2.11. The van der Waals surface area contributed by atoms with Gasteiger partial charge in [0.2, 0.25) is 0 Å². The van der Waals surface area contributed by atoms with Crippen LogP contribution in [0.5, 0.6) is 0 Å². The van der Waals surface area contributed by atoms with Crippen molar-refractivity contribution < 1.29 is 4.39 Å². The smallest absolute Gasteiger partial charge is 0.126 e. The zero-order valence-electron chi connectivity index (χ0n) is 9.96. The van der Waals surface area contributed by atoms with Crippen LogP contribution in [0.4, 0.5) is 4.39 Å². The van der Waals surface area contributed by atoms with Gasteiger partial charge in [-0.3, -0.25) is 0 Å². The van der Waals surface area contributed by atoms with Gasteiger partial charge in [-0.2, -0.15) is 0 Å². The number of alkyl halides is 1. The van der Waals surface area contributed by atoms with Gasteiger partial charge in [-0.05, 0) is 48.2 Å². The topological polar surface area (TPSA) is 0 Å². The SMILES string of the molecule is Cc1ccc(C(Cl)Cc2cccc(Cl)c2)cc1F. The highest BCUT2D eigenvalue weighted by molar-refractivity contribution is 6.30. The Labute approximate surface area is 116 Å². The van der Waals surface area contributed by atoms with Gasteiger partial charge in [0.15, 0.2) is 0 Å². The van der Waals surface area contributed by atoms with Crippen LogP contribution in [-0.2, 0) is 6.42 Å². The van der Waals surface area contributed by atoms with Crippen LogP contribution in [0.15, 0.2) is 42.5 Å². The van der Waals surface area contributed by atoms with Crippen LogP contribution in [0.2, 0.25) is 5.02 Å². The third-order valence-electron chi connectivity index (χ3n) is 2.86. The van der Waals surface area contributed by atoms with E-state index >= 15 is 0 Å². The first-order chi connectivity index (χ1) is 8.56. The molecule has 0 radical (unpaired) electrons. The van der Waals surface area contributed by atoms with Gasteiger partial charge in [0.05, 0.1) is 5.38 Å². The Kier molecular flexibility index (Phi) is 4.26. The maximum Gasteiger partial charge on any atom is 0.126 e. The second-order valence-corrected chi connectivity index (χ2v) is 5.27. The van der Waals surface area contributed by atoms with E-state index in [1.165, 1.54) is 6.07 Å². The molecule has 0 nitrogen and oxygen atoms in total. The van der Waals surface area contributed by atoms with E-state index in [1.807, 2.05) is 30.3 Å². The molecule has 1 atom stereocenters. The van der Waals surface area contributed by atoms with Crippen LogP contribution in [0, 0.1) is 12.7 Å². The molecule has 0 heterocycles. The molecule has 2 rings (SSSR count). The summed E-state index contributed by atoms with van der Waals surface area (Å²) in [5, 5.41) is 0.435. The number of hydrogen-bond acceptors (Lipinski definition) is 0. The maximum atomic E-state index is 13.5. The van der Waals surface area contributed by atoms with Crippen molar-refractivity contribution in [1.82, 2.24) is 0 Å². The molecule has 18 heavy (non-hydrogen) atoms. The Morgan fingerprint density at radius 3 is 2.61 bits per heavy atom. The van der Waals surface area contributed by atoms with Crippen LogP contribution in [0.1, 0.15) is 22.1 Å². The standard InChI is InChI=1S/C15H13Cl2F/c1-10-5-6-12(9-15(10)18)14(17)8-11-3-2-4-13(16)7-11/h2-7,9,14H,8H2,1H3. The largest absolute Gasteiger partial charge is 0.207 e. The highest BCUT2D eigenvalue weighted by atomic mass is 35.5. The summed E-state index contributed by atoms with van der Waals surface area (Å²) in [5.74, 6) is -0.218. The van der Waals surface area contributed by atoms with Crippen LogP contribution >= 0.6 is 23.2 Å². The van der Waals surface area contributed by atoms with Crippen molar-refractivity contribution in [2.24, 2.45) is 0 Å². The van der Waals surface area contributed by atoms with Gasteiger partial charge in [0, 0.05) is 5.02 Å². The second kappa shape index (κ2) is 5.73. The third-order valence-corrected chi connectivity index (χ3v) is 3.50. The molecule has 0 spiro atoms. The summed E-state index contributed by atoms with van der Waals surface area (Å²) in [5.41, 5.74) is 2.47. The lowest BCUT2D eigenvalue weighted by atomic mass is 10.0. The Balaban J connectivity index is 2.16. The molecule has 3 heteroatoms. The fourth-order valence-electron chi connectivity index (χ4n) is 1.79. The third kappa shape index (κ3) is 3.24. The quantitative estimate of drug-likeness (QED) is 0.669. The summed E-state index contributed by atoms with van der Waals surface area (Å²) in [6.45, 7) is 1.74. The van der Waals surface area contributed by atoms with Gasteiger partial charge in [0.1, 0.15) is 5.82 Å². The molecule has 94 valence electrons. The van der Waals surface area contributed by atoms with Gasteiger partial charge in [0.25, 0.3) is 0 Å². The molecular formula is C15H13Cl2F. The van der Waals surface area contributed by atoms with Crippen molar-refractivity contribution in [1.29, 1.82) is 0 Å². The summed E-state index contributed by atoms with van der Waals surface area (Å²) in [7, 11) is 0. The van der Waals surface area contributed by atoms with Crippen molar-refractivity contribution in [3.8, 4) is 0 Å². The predicted molar refractivity (Wildman–Crippen MR) is 74.9 cm³/mol. The van der Waals surface area contributed by atoms with Gasteiger partial charge < -0.3 is 0 Å². The zero-order valence-corrected chi connectivity index (χ0v) is 11.5. The molecule has 0 aromatic heterocycles. The molecule has 0 aliphatic heterocycles. The Morgan fingerprint density at radius 1 is 1.17 bits per heavy atom. The summed E-state index contributed by atoms with van der Waals surface area (Å²) in [6.07, 6.45) is 0.630. The minimum absolute atomic E-state index is 0.218. The van der Waals surface area contributed by atoms with Crippen LogP contribution in [0.25, 0.3) is 0 Å². The number of aryl methyl sites for hydroxylation is 1. The van der Waals surface area contributed by atoms with Gasteiger partial charge in [-0.1, -0.05) is 35.9 Å². The fourth-order valence-corrected chi connectivity index (χ4v) is 2.32. The average molecular weight is 283 g/mol. The molecule has 0 saturated carbocycles. The predicted octanol–water partition coefficient (Wildman–Crippen LogP) is 5.31. The Hall–Kier alpha value is -1.05. The molecular weight excluding hydrogens is 270 g/mol. The molecule has 0 aliphatic rings. The van der Waals surface area contributed by atoms with Crippen LogP contribution < -0.4 is 0 Å². The summed E-state index contributed by atoms with van der Waals surface area (Å²) >= 11 is 12.2. The maximum absolute atomic E-state index is 13.5. The Bertz CT molecular complexity index is 552. The molecule has 0 saturated heterocycles. The molecule has 2 aromatic carbocycles. The van der Waals surface area contributed by atoms with E-state index in [0.29, 0.717) is 17.0 Å². The molecule has 0 N–H and O–H groups in total. The minimum Gasteiger partial charge on any atom is -0.207 e. The van der Waals surface area contributed by atoms with E-state index in [9.17, 15) is 4.39 Å². The minimum atomic E-state index is -0.251. The van der Waals surface area contributed by atoms with Crippen molar-refractivity contribution in [3.05, 3.63) is 70.0 Å². The molecule has 0 amide bonds. The van der Waals surface area contributed by atoms with E-state index in [-0.39, 0.29) is 11.2 Å². The van der Waals surface area contributed by atoms with Gasteiger partial charge in [-0.25, -0.2) is 4.39 Å². The van der Waals surface area contributed by atoms with E-state index < -0.39 is 0 Å². The number of halogens is 3. The molecule has 2 aromatic rings. The van der Waals surface area contributed by atoms with E-state index in [0.717, 1.165) is 11.1 Å². The summed E-state index contributed by atoms with van der Waals surface area (Å²) in [4.78, 5) is 0. The van der Waals surface area contributed by atoms with E-state index in [2.05, 4.69) is 0 Å². The number of rotatable bonds is 3. The molecule has 0 fully saturated rings. The highest BCUT2D eigenvalue weighted by Crippen LogP contribution is 2.27. The lowest BCUT2D eigenvalue weighted by Crippen LogP contribution is -1.97. The van der Waals surface area contributed by atoms with Crippen LogP contribution in [-0.4, -0.2) is 0 Å². The second-order valence-electron chi connectivity index (χ2n) is 4.31. The average Bonchev–Trinajstić information content (AvgIpc) is 2.32. The molecule has 1 unspecified atom stereocenters. The van der Waals surface area contributed by atoms with E-state index in [1.54, 1.807) is 13.0 Å². The Morgan fingerprint density at radius 2 is 1.94 bits per heavy atom. The zero-order chi connectivity index (χ0) is 13.1. The van der Waals surface area contributed by atoms with Crippen LogP contribution in [0.3, 0.4) is 0 Å². The first-order valence-electron chi connectivity index (χ1n) is 5.71. The van der Waals surface area contributed by atoms with Crippen molar-refractivity contribution in [2.75, 3.05) is 0 Å². The molecule has 0 bridgehead atoms. The van der Waals surface area contributed by atoms with Crippen molar-refractivity contribution in [2.45, 2.75) is 18.7 Å². The first-order valence-corrected chi connectivity index (χ1v) is 6.52. The van der Waals surface area contributed by atoms with E-state index in [4.69, 9.17) is 23.2 Å². The monoisotopic (exact) mass is 282 g/mol. The summed E-state index contributed by atoms with van der Waals surface area (Å²) in [6, 6.07) is 12.7.